The lowest BCUT2D eigenvalue weighted by Crippen LogP contribution is -3.08. The highest BCUT2D eigenvalue weighted by atomic mass is 32.1. The zero-order valence-corrected chi connectivity index (χ0v) is 18.1. The molecule has 32 heavy (non-hydrogen) atoms. The molecule has 0 atom stereocenters. The molecule has 1 N–H and O–H groups in total. The number of aromatic nitrogens is 2. The quantitative estimate of drug-likeness (QED) is 0.519. The van der Waals surface area contributed by atoms with Crippen LogP contribution in [0.3, 0.4) is 0 Å². The van der Waals surface area contributed by atoms with Gasteiger partial charge >= 0.3 is 12.4 Å². The summed E-state index contributed by atoms with van der Waals surface area (Å²) in [4.78, 5) is 11.8. The molecule has 0 amide bonds. The van der Waals surface area contributed by atoms with Crippen molar-refractivity contribution in [2.75, 3.05) is 13.1 Å². The van der Waals surface area contributed by atoms with Crippen molar-refractivity contribution < 1.29 is 36.0 Å². The number of fused-ring (bicyclic) bond motifs is 1. The monoisotopic (exact) mass is 476 g/mol. The molecule has 11 heteroatoms. The molecule has 2 aromatic heterocycles. The maximum atomic E-state index is 13.2. The molecule has 1 aromatic carbocycles. The molecule has 0 unspecified atom stereocenters. The molecule has 3 heterocycles. The van der Waals surface area contributed by atoms with E-state index >= 15 is 0 Å². The number of rotatable bonds is 4. The Balaban J connectivity index is 1.80. The van der Waals surface area contributed by atoms with Crippen LogP contribution in [0.25, 0.3) is 10.2 Å². The summed E-state index contributed by atoms with van der Waals surface area (Å²) in [6.45, 7) is 6.09. The average Bonchev–Trinajstić information content (AvgIpc) is 3.28. The van der Waals surface area contributed by atoms with Gasteiger partial charge in [-0.05, 0) is 37.6 Å². The highest BCUT2D eigenvalue weighted by molar-refractivity contribution is 7.18. The van der Waals surface area contributed by atoms with Gasteiger partial charge in [-0.3, -0.25) is 0 Å². The topological polar surface area (TPSA) is 39.5 Å². The van der Waals surface area contributed by atoms with E-state index in [0.29, 0.717) is 34.7 Å². The van der Waals surface area contributed by atoms with Gasteiger partial charge < -0.3 is 9.64 Å². The van der Waals surface area contributed by atoms with Crippen molar-refractivity contribution in [1.82, 2.24) is 9.97 Å². The van der Waals surface area contributed by atoms with E-state index in [4.69, 9.17) is 4.74 Å². The van der Waals surface area contributed by atoms with Gasteiger partial charge in [0, 0.05) is 17.7 Å². The fourth-order valence-corrected chi connectivity index (χ4v) is 4.82. The highest BCUT2D eigenvalue weighted by Gasteiger charge is 2.37. The number of aryl methyl sites for hydroxylation is 2. The van der Waals surface area contributed by atoms with E-state index < -0.39 is 29.2 Å². The van der Waals surface area contributed by atoms with Gasteiger partial charge in [0.05, 0.1) is 29.6 Å². The fraction of sp³-hybridized carbons (Fsp3) is 0.429. The Labute approximate surface area is 183 Å². The molecule has 0 saturated carbocycles. The Morgan fingerprint density at radius 3 is 2.09 bits per heavy atom. The van der Waals surface area contributed by atoms with Gasteiger partial charge in [0.15, 0.2) is 5.82 Å². The Kier molecular flexibility index (Phi) is 5.83. The number of likely N-dealkylation sites (tertiary alicyclic amines) is 1. The van der Waals surface area contributed by atoms with Crippen LogP contribution in [0.4, 0.5) is 26.3 Å². The summed E-state index contributed by atoms with van der Waals surface area (Å²) in [5.74, 6) is -0.151. The fourth-order valence-electron chi connectivity index (χ4n) is 3.78. The van der Waals surface area contributed by atoms with Crippen LogP contribution in [0, 0.1) is 13.8 Å². The number of halogens is 6. The maximum Gasteiger partial charge on any atom is 0.416 e. The van der Waals surface area contributed by atoms with E-state index in [1.54, 1.807) is 6.92 Å². The largest absolute Gasteiger partial charge is 0.438 e. The van der Waals surface area contributed by atoms with E-state index in [2.05, 4.69) is 9.97 Å². The number of ether oxygens (including phenoxy) is 1. The number of nitrogens with one attached hydrogen (secondary N) is 1. The normalized spacial score (nSPS) is 15.6. The maximum absolute atomic E-state index is 13.2. The second-order valence-electron chi connectivity index (χ2n) is 7.89. The van der Waals surface area contributed by atoms with Gasteiger partial charge in [0.2, 0.25) is 5.88 Å². The Morgan fingerprint density at radius 1 is 0.938 bits per heavy atom. The van der Waals surface area contributed by atoms with Gasteiger partial charge in [-0.2, -0.15) is 31.3 Å². The highest BCUT2D eigenvalue weighted by Crippen LogP contribution is 2.41. The van der Waals surface area contributed by atoms with Crippen molar-refractivity contribution in [3.8, 4) is 11.6 Å². The third-order valence-electron chi connectivity index (χ3n) is 5.54. The molecule has 0 aliphatic carbocycles. The first-order valence-corrected chi connectivity index (χ1v) is 10.8. The van der Waals surface area contributed by atoms with Crippen LogP contribution in [0.1, 0.15) is 40.2 Å². The minimum Gasteiger partial charge on any atom is -0.438 e. The third-order valence-corrected chi connectivity index (χ3v) is 6.64. The summed E-state index contributed by atoms with van der Waals surface area (Å²) in [5, 5.41) is 0.499. The van der Waals surface area contributed by atoms with Crippen molar-refractivity contribution in [2.24, 2.45) is 0 Å². The Morgan fingerprint density at radius 2 is 1.53 bits per heavy atom. The number of hydrogen-bond donors (Lipinski definition) is 1. The van der Waals surface area contributed by atoms with Crippen LogP contribution >= 0.6 is 11.3 Å². The standard InChI is InChI=1S/C21H19F6N3OS/c1-11-12(2)32-19-17(11)18(28-16(29-19)10-30-5-3-4-6-30)31-15-8-13(20(22,23)24)7-14(9-15)21(25,26)27/h7-9H,3-6,10H2,1-2H3/p+1. The predicted molar refractivity (Wildman–Crippen MR) is 107 cm³/mol. The summed E-state index contributed by atoms with van der Waals surface area (Å²) < 4.78 is 85.0. The van der Waals surface area contributed by atoms with Crippen molar-refractivity contribution >= 4 is 21.6 Å². The van der Waals surface area contributed by atoms with E-state index in [-0.39, 0.29) is 11.9 Å². The Bertz CT molecular complexity index is 1120. The zero-order chi connectivity index (χ0) is 23.3. The lowest BCUT2D eigenvalue weighted by atomic mass is 10.1. The van der Waals surface area contributed by atoms with Crippen LogP contribution in [0.15, 0.2) is 18.2 Å². The SMILES string of the molecule is Cc1sc2nc(C[NH+]3CCCC3)nc(Oc3cc(C(F)(F)F)cc(C(F)(F)F)c3)c2c1C. The molecule has 0 bridgehead atoms. The van der Waals surface area contributed by atoms with Gasteiger partial charge in [-0.25, -0.2) is 4.98 Å². The Hall–Kier alpha value is -2.40. The third kappa shape index (κ3) is 4.68. The summed E-state index contributed by atoms with van der Waals surface area (Å²) in [7, 11) is 0. The number of quaternary nitrogens is 1. The second kappa shape index (κ2) is 8.18. The number of nitrogens with zero attached hydrogens (tertiary/aromatic N) is 2. The van der Waals surface area contributed by atoms with Crippen LogP contribution in [0.2, 0.25) is 0 Å². The van der Waals surface area contributed by atoms with Crippen molar-refractivity contribution in [1.29, 1.82) is 0 Å². The molecular formula is C21H20F6N3OS+. The molecule has 1 saturated heterocycles. The van der Waals surface area contributed by atoms with Crippen LogP contribution in [-0.4, -0.2) is 23.1 Å². The first kappa shape index (κ1) is 22.8. The van der Waals surface area contributed by atoms with E-state index in [9.17, 15) is 26.3 Å². The minimum atomic E-state index is -4.96. The summed E-state index contributed by atoms with van der Waals surface area (Å²) in [5.41, 5.74) is -2.09. The van der Waals surface area contributed by atoms with Gasteiger partial charge in [0.25, 0.3) is 0 Å². The molecule has 1 fully saturated rings. The van der Waals surface area contributed by atoms with Crippen molar-refractivity contribution in [3.63, 3.8) is 0 Å². The molecule has 0 spiro atoms. The number of alkyl halides is 6. The molecule has 0 radical (unpaired) electrons. The lowest BCUT2D eigenvalue weighted by molar-refractivity contribution is -0.902. The van der Waals surface area contributed by atoms with Crippen LogP contribution < -0.4 is 9.64 Å². The molecular weight excluding hydrogens is 456 g/mol. The van der Waals surface area contributed by atoms with Gasteiger partial charge in [-0.1, -0.05) is 0 Å². The molecule has 3 aromatic rings. The van der Waals surface area contributed by atoms with Gasteiger partial charge in [0.1, 0.15) is 17.1 Å². The van der Waals surface area contributed by atoms with E-state index in [0.717, 1.165) is 36.4 Å². The van der Waals surface area contributed by atoms with Gasteiger partial charge in [-0.15, -0.1) is 11.3 Å². The van der Waals surface area contributed by atoms with Crippen molar-refractivity contribution in [2.45, 2.75) is 45.6 Å². The lowest BCUT2D eigenvalue weighted by Gasteiger charge is -2.16. The van der Waals surface area contributed by atoms with E-state index in [1.807, 2.05) is 6.92 Å². The first-order valence-electron chi connectivity index (χ1n) is 9.99. The first-order chi connectivity index (χ1) is 14.9. The second-order valence-corrected chi connectivity index (χ2v) is 9.09. The smallest absolute Gasteiger partial charge is 0.416 e. The predicted octanol–water partition coefficient (Wildman–Crippen LogP) is 5.32. The number of hydrogen-bond acceptors (Lipinski definition) is 4. The van der Waals surface area contributed by atoms with Crippen molar-refractivity contribution in [3.05, 3.63) is 45.6 Å². The van der Waals surface area contributed by atoms with Crippen LogP contribution in [-0.2, 0) is 18.9 Å². The molecule has 1 aliphatic rings. The number of benzene rings is 1. The van der Waals surface area contributed by atoms with Crippen LogP contribution in [0.5, 0.6) is 11.6 Å². The summed E-state index contributed by atoms with van der Waals surface area (Å²) in [6.07, 6.45) is -7.75. The number of thiophene rings is 1. The average molecular weight is 476 g/mol. The molecule has 172 valence electrons. The summed E-state index contributed by atoms with van der Waals surface area (Å²) >= 11 is 1.39. The minimum absolute atomic E-state index is 0.0297. The van der Waals surface area contributed by atoms with E-state index in [1.165, 1.54) is 16.2 Å². The molecule has 1 aliphatic heterocycles. The molecule has 4 nitrogen and oxygen atoms in total. The summed E-state index contributed by atoms with van der Waals surface area (Å²) in [6, 6.07) is 1.19. The zero-order valence-electron chi connectivity index (χ0n) is 17.2. The molecule has 4 rings (SSSR count).